The molecule has 0 aliphatic carbocycles. The van der Waals surface area contributed by atoms with E-state index in [0.717, 1.165) is 18.5 Å². The van der Waals surface area contributed by atoms with Crippen molar-refractivity contribution >= 4 is 11.9 Å². The number of hydrogen-bond acceptors (Lipinski definition) is 4. The molecule has 2 rings (SSSR count). The fraction of sp³-hybridized carbons (Fsp3) is 0.529. The first-order valence-corrected chi connectivity index (χ1v) is 7.58. The molecule has 2 atom stereocenters. The summed E-state index contributed by atoms with van der Waals surface area (Å²) in [5, 5.41) is 9.08. The lowest BCUT2D eigenvalue weighted by molar-refractivity contribution is -0.146. The van der Waals surface area contributed by atoms with Crippen LogP contribution in [0.3, 0.4) is 0 Å². The van der Waals surface area contributed by atoms with Crippen LogP contribution in [0.5, 0.6) is 0 Å². The summed E-state index contributed by atoms with van der Waals surface area (Å²) in [7, 11) is 1.43. The maximum Gasteiger partial charge on any atom is 0.335 e. The van der Waals surface area contributed by atoms with Gasteiger partial charge in [-0.1, -0.05) is 26.0 Å². The van der Waals surface area contributed by atoms with E-state index in [1.807, 2.05) is 6.07 Å². The Bertz CT molecular complexity index is 555. The molecule has 0 saturated carbocycles. The predicted octanol–water partition coefficient (Wildman–Crippen LogP) is 2.40. The molecule has 22 heavy (non-hydrogen) atoms. The molecule has 5 nitrogen and oxygen atoms in total. The molecular weight excluding hydrogens is 282 g/mol. The zero-order valence-electron chi connectivity index (χ0n) is 13.3. The van der Waals surface area contributed by atoms with Crippen molar-refractivity contribution in [2.45, 2.75) is 32.9 Å². The predicted molar refractivity (Wildman–Crippen MR) is 82.6 cm³/mol. The van der Waals surface area contributed by atoms with E-state index in [4.69, 9.17) is 9.84 Å². The number of hydrogen-bond donors (Lipinski definition) is 1. The Morgan fingerprint density at radius 2 is 2.14 bits per heavy atom. The third-order valence-corrected chi connectivity index (χ3v) is 4.31. The summed E-state index contributed by atoms with van der Waals surface area (Å²) in [6.07, 6.45) is 0.786. The van der Waals surface area contributed by atoms with Crippen LogP contribution in [-0.2, 0) is 16.1 Å². The van der Waals surface area contributed by atoms with E-state index in [9.17, 15) is 9.59 Å². The minimum Gasteiger partial charge on any atom is -0.478 e. The highest BCUT2D eigenvalue weighted by Crippen LogP contribution is 2.32. The van der Waals surface area contributed by atoms with Crippen LogP contribution in [0.4, 0.5) is 0 Å². The minimum atomic E-state index is -0.920. The quantitative estimate of drug-likeness (QED) is 0.846. The van der Waals surface area contributed by atoms with Gasteiger partial charge in [0.15, 0.2) is 0 Å². The zero-order chi connectivity index (χ0) is 16.3. The van der Waals surface area contributed by atoms with Crippen LogP contribution in [-0.4, -0.2) is 41.6 Å². The normalized spacial score (nSPS) is 22.0. The average Bonchev–Trinajstić information content (AvgIpc) is 2.90. The maximum atomic E-state index is 11.9. The number of rotatable bonds is 5. The monoisotopic (exact) mass is 305 g/mol. The molecule has 120 valence electrons. The van der Waals surface area contributed by atoms with Gasteiger partial charge in [-0.15, -0.1) is 0 Å². The second-order valence-corrected chi connectivity index (χ2v) is 6.13. The average molecular weight is 305 g/mol. The highest BCUT2D eigenvalue weighted by atomic mass is 16.5. The van der Waals surface area contributed by atoms with E-state index < -0.39 is 5.97 Å². The lowest BCUT2D eigenvalue weighted by Gasteiger charge is -2.30. The van der Waals surface area contributed by atoms with Crippen LogP contribution >= 0.6 is 0 Å². The van der Waals surface area contributed by atoms with Crippen molar-refractivity contribution in [3.63, 3.8) is 0 Å². The highest BCUT2D eigenvalue weighted by molar-refractivity contribution is 5.87. The lowest BCUT2D eigenvalue weighted by Crippen LogP contribution is -2.39. The van der Waals surface area contributed by atoms with Gasteiger partial charge in [-0.25, -0.2) is 4.79 Å². The largest absolute Gasteiger partial charge is 0.478 e. The van der Waals surface area contributed by atoms with Crippen molar-refractivity contribution in [3.05, 3.63) is 35.4 Å². The molecule has 0 unspecified atom stereocenters. The van der Waals surface area contributed by atoms with Crippen LogP contribution in [0.25, 0.3) is 0 Å². The Morgan fingerprint density at radius 1 is 1.41 bits per heavy atom. The molecule has 1 aromatic carbocycles. The number of esters is 1. The number of methoxy groups -OCH3 is 1. The molecule has 0 radical (unpaired) electrons. The SMILES string of the molecule is COC(=O)[C@H]1CCN(Cc2cccc(C(=O)O)c2)[C@H]1C(C)C. The van der Waals surface area contributed by atoms with E-state index in [1.54, 1.807) is 18.2 Å². The summed E-state index contributed by atoms with van der Waals surface area (Å²) in [5.74, 6) is -0.849. The summed E-state index contributed by atoms with van der Waals surface area (Å²) < 4.78 is 4.92. The van der Waals surface area contributed by atoms with Gasteiger partial charge < -0.3 is 9.84 Å². The van der Waals surface area contributed by atoms with Crippen LogP contribution in [0.15, 0.2) is 24.3 Å². The van der Waals surface area contributed by atoms with Crippen molar-refractivity contribution in [1.82, 2.24) is 4.90 Å². The number of ether oxygens (including phenoxy) is 1. The van der Waals surface area contributed by atoms with Gasteiger partial charge in [-0.05, 0) is 36.6 Å². The second-order valence-electron chi connectivity index (χ2n) is 6.13. The van der Waals surface area contributed by atoms with E-state index >= 15 is 0 Å². The first kappa shape index (κ1) is 16.5. The smallest absolute Gasteiger partial charge is 0.335 e. The molecule has 5 heteroatoms. The molecule has 1 heterocycles. The molecule has 0 bridgehead atoms. The molecule has 1 saturated heterocycles. The van der Waals surface area contributed by atoms with Crippen LogP contribution in [0.2, 0.25) is 0 Å². The standard InChI is InChI=1S/C17H23NO4/c1-11(2)15-14(17(21)22-3)7-8-18(15)10-12-5-4-6-13(9-12)16(19)20/h4-6,9,11,14-15H,7-8,10H2,1-3H3,(H,19,20)/t14-,15-/m0/s1. The number of nitrogens with zero attached hydrogens (tertiary/aromatic N) is 1. The topological polar surface area (TPSA) is 66.8 Å². The van der Waals surface area contributed by atoms with Gasteiger partial charge in [0.2, 0.25) is 0 Å². The molecule has 0 amide bonds. The zero-order valence-corrected chi connectivity index (χ0v) is 13.3. The van der Waals surface area contributed by atoms with Gasteiger partial charge in [-0.2, -0.15) is 0 Å². The summed E-state index contributed by atoms with van der Waals surface area (Å²) in [6.45, 7) is 5.68. The fourth-order valence-electron chi connectivity index (χ4n) is 3.40. The van der Waals surface area contributed by atoms with Crippen LogP contribution < -0.4 is 0 Å². The van der Waals surface area contributed by atoms with Crippen molar-refractivity contribution in [1.29, 1.82) is 0 Å². The number of carbonyl (C=O) groups is 2. The van der Waals surface area contributed by atoms with E-state index in [1.165, 1.54) is 7.11 Å². The van der Waals surface area contributed by atoms with Crippen molar-refractivity contribution in [2.75, 3.05) is 13.7 Å². The Kier molecular flexibility index (Phi) is 5.19. The second kappa shape index (κ2) is 6.92. The van der Waals surface area contributed by atoms with Gasteiger partial charge in [0.05, 0.1) is 18.6 Å². The summed E-state index contributed by atoms with van der Waals surface area (Å²) in [6, 6.07) is 7.10. The molecule has 0 aromatic heterocycles. The third-order valence-electron chi connectivity index (χ3n) is 4.31. The summed E-state index contributed by atoms with van der Waals surface area (Å²) in [5.41, 5.74) is 1.25. The number of likely N-dealkylation sites (tertiary alicyclic amines) is 1. The van der Waals surface area contributed by atoms with Crippen molar-refractivity contribution < 1.29 is 19.4 Å². The van der Waals surface area contributed by atoms with Gasteiger partial charge in [-0.3, -0.25) is 9.69 Å². The Balaban J connectivity index is 2.16. The molecule has 0 spiro atoms. The number of carbonyl (C=O) groups excluding carboxylic acids is 1. The van der Waals surface area contributed by atoms with E-state index in [2.05, 4.69) is 18.7 Å². The van der Waals surface area contributed by atoms with Gasteiger partial charge >= 0.3 is 11.9 Å². The summed E-state index contributed by atoms with van der Waals surface area (Å²) in [4.78, 5) is 25.3. The van der Waals surface area contributed by atoms with Crippen LogP contribution in [0.1, 0.15) is 36.2 Å². The number of carboxylic acids is 1. The van der Waals surface area contributed by atoms with E-state index in [0.29, 0.717) is 18.0 Å². The molecule has 1 aliphatic rings. The van der Waals surface area contributed by atoms with Crippen molar-refractivity contribution in [3.8, 4) is 0 Å². The Labute approximate surface area is 130 Å². The van der Waals surface area contributed by atoms with E-state index in [-0.39, 0.29) is 17.9 Å². The maximum absolute atomic E-state index is 11.9. The minimum absolute atomic E-state index is 0.104. The first-order valence-electron chi connectivity index (χ1n) is 7.58. The highest BCUT2D eigenvalue weighted by Gasteiger charge is 2.40. The molecule has 1 aromatic rings. The number of benzene rings is 1. The molecule has 1 fully saturated rings. The fourth-order valence-corrected chi connectivity index (χ4v) is 3.40. The number of aromatic carboxylic acids is 1. The molecule has 1 N–H and O–H groups in total. The Hall–Kier alpha value is -1.88. The van der Waals surface area contributed by atoms with Crippen LogP contribution in [0, 0.1) is 11.8 Å². The number of carboxylic acid groups (broad SMARTS) is 1. The van der Waals surface area contributed by atoms with Crippen molar-refractivity contribution in [2.24, 2.45) is 11.8 Å². The van der Waals surface area contributed by atoms with Gasteiger partial charge in [0, 0.05) is 12.6 Å². The Morgan fingerprint density at radius 3 is 2.73 bits per heavy atom. The first-order chi connectivity index (χ1) is 10.4. The molecular formula is C17H23NO4. The molecule has 1 aliphatic heterocycles. The van der Waals surface area contributed by atoms with Gasteiger partial charge in [0.25, 0.3) is 0 Å². The lowest BCUT2D eigenvalue weighted by atomic mass is 9.91. The van der Waals surface area contributed by atoms with Gasteiger partial charge in [0.1, 0.15) is 0 Å². The third kappa shape index (κ3) is 3.47. The summed E-state index contributed by atoms with van der Waals surface area (Å²) >= 11 is 0.